The lowest BCUT2D eigenvalue weighted by molar-refractivity contribution is 0.0168. The van der Waals surface area contributed by atoms with E-state index in [0.717, 1.165) is 56.9 Å². The second kappa shape index (κ2) is 16.3. The molecule has 2 unspecified atom stereocenters. The molecule has 176 valence electrons. The first-order valence-electron chi connectivity index (χ1n) is 11.2. The second-order valence-corrected chi connectivity index (χ2v) is 7.67. The van der Waals surface area contributed by atoms with Gasteiger partial charge in [-0.25, -0.2) is 4.99 Å². The number of guanidine groups is 1. The van der Waals surface area contributed by atoms with Gasteiger partial charge >= 0.3 is 0 Å². The monoisotopic (exact) mass is 546 g/mol. The molecule has 31 heavy (non-hydrogen) atoms. The van der Waals surface area contributed by atoms with Gasteiger partial charge in [0.15, 0.2) is 5.96 Å². The molecule has 1 heterocycles. The van der Waals surface area contributed by atoms with Gasteiger partial charge in [0, 0.05) is 37.9 Å². The zero-order chi connectivity index (χ0) is 21.6. The maximum atomic E-state index is 12.3. The number of hydrogen-bond donors (Lipinski definition) is 3. The van der Waals surface area contributed by atoms with Crippen molar-refractivity contribution >= 4 is 35.8 Å². The molecule has 0 saturated carbocycles. The van der Waals surface area contributed by atoms with E-state index in [2.05, 4.69) is 27.9 Å². The van der Waals surface area contributed by atoms with E-state index < -0.39 is 0 Å². The van der Waals surface area contributed by atoms with Crippen LogP contribution in [0.1, 0.15) is 62.4 Å². The predicted molar refractivity (Wildman–Crippen MR) is 136 cm³/mol. The summed E-state index contributed by atoms with van der Waals surface area (Å²) in [5.74, 6) is 0.731. The fraction of sp³-hybridized carbons (Fsp3) is 0.652. The van der Waals surface area contributed by atoms with E-state index >= 15 is 0 Å². The third kappa shape index (κ3) is 11.2. The summed E-state index contributed by atoms with van der Waals surface area (Å²) in [6.45, 7) is 10.5. The maximum Gasteiger partial charge on any atom is 0.251 e. The fourth-order valence-corrected chi connectivity index (χ4v) is 3.10. The maximum absolute atomic E-state index is 12.3. The lowest BCUT2D eigenvalue weighted by Crippen LogP contribution is -2.38. The number of hydrogen-bond acceptors (Lipinski definition) is 4. The summed E-state index contributed by atoms with van der Waals surface area (Å²) in [6.07, 6.45) is 4.34. The largest absolute Gasteiger partial charge is 0.379 e. The molecule has 7 nitrogen and oxygen atoms in total. The highest BCUT2D eigenvalue weighted by atomic mass is 127. The van der Waals surface area contributed by atoms with E-state index in [0.29, 0.717) is 25.3 Å². The molecule has 0 aromatic heterocycles. The van der Waals surface area contributed by atoms with Crippen LogP contribution in [-0.4, -0.2) is 56.9 Å². The van der Waals surface area contributed by atoms with Gasteiger partial charge in [-0.05, 0) is 57.2 Å². The molecule has 1 aliphatic heterocycles. The Morgan fingerprint density at radius 2 is 2.16 bits per heavy atom. The summed E-state index contributed by atoms with van der Waals surface area (Å²) in [4.78, 5) is 17.0. The van der Waals surface area contributed by atoms with Crippen molar-refractivity contribution in [2.75, 3.05) is 32.9 Å². The molecule has 1 aromatic rings. The molecule has 2 atom stereocenters. The average molecular weight is 546 g/mol. The Labute approximate surface area is 204 Å². The standard InChI is InChI=1S/C23H38N4O3.HI/c1-4-18(3)27-22(28)20-10-6-9-19(15-20)16-26-23(24-5-2)25-12-8-13-29-17-21-11-7-14-30-21;/h6,9-10,15,18,21H,4-5,7-8,11-14,16-17H2,1-3H3,(H,27,28)(H2,24,25,26);1H. The van der Waals surface area contributed by atoms with Crippen molar-refractivity contribution in [3.8, 4) is 0 Å². The Kier molecular flexibility index (Phi) is 14.5. The Bertz CT molecular complexity index is 666. The molecule has 3 N–H and O–H groups in total. The van der Waals surface area contributed by atoms with Crippen LogP contribution in [-0.2, 0) is 16.0 Å². The minimum absolute atomic E-state index is 0. The van der Waals surface area contributed by atoms with Gasteiger partial charge in [-0.2, -0.15) is 0 Å². The van der Waals surface area contributed by atoms with Crippen LogP contribution < -0.4 is 16.0 Å². The number of carbonyl (C=O) groups excluding carboxylic acids is 1. The molecule has 1 amide bonds. The minimum Gasteiger partial charge on any atom is -0.379 e. The molecule has 1 aliphatic rings. The molecule has 0 spiro atoms. The summed E-state index contributed by atoms with van der Waals surface area (Å²) < 4.78 is 11.3. The summed E-state index contributed by atoms with van der Waals surface area (Å²) in [5.41, 5.74) is 1.67. The lowest BCUT2D eigenvalue weighted by atomic mass is 10.1. The third-order valence-electron chi connectivity index (χ3n) is 5.03. The van der Waals surface area contributed by atoms with Gasteiger partial charge in [0.05, 0.1) is 19.3 Å². The number of nitrogens with one attached hydrogen (secondary N) is 3. The third-order valence-corrected chi connectivity index (χ3v) is 5.03. The van der Waals surface area contributed by atoms with Crippen LogP contribution in [0, 0.1) is 0 Å². The van der Waals surface area contributed by atoms with E-state index in [4.69, 9.17) is 9.47 Å². The molecular formula is C23H39IN4O3. The molecule has 1 fully saturated rings. The number of amides is 1. The Balaban J connectivity index is 0.00000480. The summed E-state index contributed by atoms with van der Waals surface area (Å²) >= 11 is 0. The number of aliphatic imine (C=N–C) groups is 1. The van der Waals surface area contributed by atoms with Crippen LogP contribution in [0.25, 0.3) is 0 Å². The van der Waals surface area contributed by atoms with E-state index in [-0.39, 0.29) is 42.0 Å². The lowest BCUT2D eigenvalue weighted by Gasteiger charge is -2.13. The second-order valence-electron chi connectivity index (χ2n) is 7.67. The summed E-state index contributed by atoms with van der Waals surface area (Å²) in [6, 6.07) is 7.81. The number of nitrogens with zero attached hydrogens (tertiary/aromatic N) is 1. The topological polar surface area (TPSA) is 84.0 Å². The number of rotatable bonds is 12. The Hall–Kier alpha value is -1.39. The van der Waals surface area contributed by atoms with Crippen molar-refractivity contribution in [3.05, 3.63) is 35.4 Å². The Morgan fingerprint density at radius 1 is 1.32 bits per heavy atom. The average Bonchev–Trinajstić information content (AvgIpc) is 3.28. The van der Waals surface area contributed by atoms with Gasteiger partial charge in [0.1, 0.15) is 0 Å². The van der Waals surface area contributed by atoms with Crippen molar-refractivity contribution in [3.63, 3.8) is 0 Å². The molecule has 8 heteroatoms. The smallest absolute Gasteiger partial charge is 0.251 e. The number of ether oxygens (including phenoxy) is 2. The van der Waals surface area contributed by atoms with E-state index in [1.807, 2.05) is 38.1 Å². The zero-order valence-electron chi connectivity index (χ0n) is 19.1. The SMILES string of the molecule is CCNC(=NCc1cccc(C(=O)NC(C)CC)c1)NCCCOCC1CCCO1.I. The number of carbonyl (C=O) groups is 1. The highest BCUT2D eigenvalue weighted by Crippen LogP contribution is 2.12. The first-order valence-corrected chi connectivity index (χ1v) is 11.2. The van der Waals surface area contributed by atoms with Crippen LogP contribution in [0.4, 0.5) is 0 Å². The van der Waals surface area contributed by atoms with Gasteiger partial charge < -0.3 is 25.4 Å². The molecule has 0 aliphatic carbocycles. The number of halogens is 1. The molecule has 1 aromatic carbocycles. The molecular weight excluding hydrogens is 507 g/mol. The van der Waals surface area contributed by atoms with Crippen LogP contribution in [0.5, 0.6) is 0 Å². The van der Waals surface area contributed by atoms with Crippen LogP contribution in [0.3, 0.4) is 0 Å². The first kappa shape index (κ1) is 27.6. The van der Waals surface area contributed by atoms with Gasteiger partial charge in [0.25, 0.3) is 5.91 Å². The summed E-state index contributed by atoms with van der Waals surface area (Å²) in [7, 11) is 0. The van der Waals surface area contributed by atoms with Crippen molar-refractivity contribution in [2.45, 2.75) is 65.1 Å². The van der Waals surface area contributed by atoms with Gasteiger partial charge in [-0.3, -0.25) is 4.79 Å². The van der Waals surface area contributed by atoms with Crippen LogP contribution in [0.15, 0.2) is 29.3 Å². The minimum atomic E-state index is -0.0387. The van der Waals surface area contributed by atoms with Crippen molar-refractivity contribution in [1.82, 2.24) is 16.0 Å². The molecule has 1 saturated heterocycles. The first-order chi connectivity index (χ1) is 14.6. The normalized spacial score (nSPS) is 17.0. The van der Waals surface area contributed by atoms with Crippen LogP contribution >= 0.6 is 24.0 Å². The van der Waals surface area contributed by atoms with Gasteiger partial charge in [0.2, 0.25) is 0 Å². The van der Waals surface area contributed by atoms with Gasteiger partial charge in [-0.1, -0.05) is 19.1 Å². The quantitative estimate of drug-likeness (QED) is 0.162. The van der Waals surface area contributed by atoms with Crippen LogP contribution in [0.2, 0.25) is 0 Å². The fourth-order valence-electron chi connectivity index (χ4n) is 3.10. The molecule has 0 bridgehead atoms. The molecule has 2 rings (SSSR count). The van der Waals surface area contributed by atoms with Crippen molar-refractivity contribution < 1.29 is 14.3 Å². The number of benzene rings is 1. The predicted octanol–water partition coefficient (Wildman–Crippen LogP) is 3.47. The zero-order valence-corrected chi connectivity index (χ0v) is 21.4. The van der Waals surface area contributed by atoms with Gasteiger partial charge in [-0.15, -0.1) is 24.0 Å². The Morgan fingerprint density at radius 3 is 2.87 bits per heavy atom. The summed E-state index contributed by atoms with van der Waals surface area (Å²) in [5, 5.41) is 9.60. The van der Waals surface area contributed by atoms with E-state index in [9.17, 15) is 4.79 Å². The highest BCUT2D eigenvalue weighted by Gasteiger charge is 2.15. The molecule has 0 radical (unpaired) electrons. The highest BCUT2D eigenvalue weighted by molar-refractivity contribution is 14.0. The van der Waals surface area contributed by atoms with Crippen molar-refractivity contribution in [1.29, 1.82) is 0 Å². The van der Waals surface area contributed by atoms with Crippen molar-refractivity contribution in [2.24, 2.45) is 4.99 Å². The van der Waals surface area contributed by atoms with E-state index in [1.165, 1.54) is 0 Å². The van der Waals surface area contributed by atoms with E-state index in [1.54, 1.807) is 0 Å².